The molecule has 0 bridgehead atoms. The number of carbonyl (C=O) groups excluding carboxylic acids is 2. The van der Waals surface area contributed by atoms with Gasteiger partial charge in [-0.1, -0.05) is 54.3 Å². The lowest BCUT2D eigenvalue weighted by Crippen LogP contribution is -2.62. The summed E-state index contributed by atoms with van der Waals surface area (Å²) in [6.45, 7) is 5.08. The summed E-state index contributed by atoms with van der Waals surface area (Å²) in [4.78, 5) is 28.9. The normalized spacial score (nSPS) is 20.0. The molecule has 1 aromatic carbocycles. The van der Waals surface area contributed by atoms with Crippen molar-refractivity contribution in [2.75, 3.05) is 27.2 Å². The van der Waals surface area contributed by atoms with Gasteiger partial charge < -0.3 is 10.2 Å². The zero-order chi connectivity index (χ0) is 19.3. The largest absolute Gasteiger partial charge is 0.339 e. The summed E-state index contributed by atoms with van der Waals surface area (Å²) < 4.78 is 0.0612. The van der Waals surface area contributed by atoms with E-state index in [1.807, 2.05) is 63.2 Å². The monoisotopic (exact) mass is 391 g/mol. The van der Waals surface area contributed by atoms with Crippen molar-refractivity contribution >= 4 is 46.2 Å². The lowest BCUT2D eigenvalue weighted by Gasteiger charge is -2.42. The number of benzene rings is 1. The molecule has 1 aromatic rings. The fourth-order valence-electron chi connectivity index (χ4n) is 2.55. The SMILES string of the molecule is CN(C)CCN1C(=O)C(NC(=O)C=Cc2ccccc2)C(C)(C)SC1=S. The van der Waals surface area contributed by atoms with Crippen LogP contribution in [0.25, 0.3) is 6.08 Å². The molecule has 0 saturated carbocycles. The third kappa shape index (κ3) is 5.40. The van der Waals surface area contributed by atoms with Crippen molar-refractivity contribution in [2.45, 2.75) is 24.6 Å². The maximum Gasteiger partial charge on any atom is 0.252 e. The van der Waals surface area contributed by atoms with Gasteiger partial charge in [0.05, 0.1) is 0 Å². The standard InChI is InChI=1S/C19H25N3O2S2/c1-19(2)16(17(24)22(18(25)26-19)13-12-21(3)4)20-15(23)11-10-14-8-6-5-7-9-14/h5-11,16H,12-13H2,1-4H3,(H,20,23). The van der Waals surface area contributed by atoms with Crippen molar-refractivity contribution < 1.29 is 9.59 Å². The van der Waals surface area contributed by atoms with Crippen LogP contribution >= 0.6 is 24.0 Å². The van der Waals surface area contributed by atoms with Gasteiger partial charge >= 0.3 is 0 Å². The van der Waals surface area contributed by atoms with E-state index in [-0.39, 0.29) is 11.8 Å². The first-order chi connectivity index (χ1) is 12.2. The Morgan fingerprint density at radius 1 is 1.35 bits per heavy atom. The maximum absolute atomic E-state index is 12.9. The smallest absolute Gasteiger partial charge is 0.252 e. The lowest BCUT2D eigenvalue weighted by atomic mass is 10.0. The highest BCUT2D eigenvalue weighted by Gasteiger charge is 2.46. The van der Waals surface area contributed by atoms with E-state index in [1.165, 1.54) is 17.8 Å². The van der Waals surface area contributed by atoms with Gasteiger partial charge in [-0.25, -0.2) is 0 Å². The van der Waals surface area contributed by atoms with Gasteiger partial charge in [0.25, 0.3) is 5.91 Å². The second-order valence-corrected chi connectivity index (χ2v) is 9.24. The number of thioether (sulfide) groups is 1. The molecule has 140 valence electrons. The molecule has 1 heterocycles. The molecule has 1 saturated heterocycles. The van der Waals surface area contributed by atoms with Gasteiger partial charge in [-0.15, -0.1) is 0 Å². The Labute approximate surface area is 164 Å². The van der Waals surface area contributed by atoms with Crippen LogP contribution in [0.15, 0.2) is 36.4 Å². The maximum atomic E-state index is 12.9. The second kappa shape index (κ2) is 8.79. The minimum absolute atomic E-state index is 0.151. The fourth-order valence-corrected chi connectivity index (χ4v) is 4.39. The third-order valence-corrected chi connectivity index (χ3v) is 5.69. The number of carbonyl (C=O) groups is 2. The third-order valence-electron chi connectivity index (χ3n) is 4.06. The Morgan fingerprint density at radius 2 is 2.00 bits per heavy atom. The average Bonchev–Trinajstić information content (AvgIpc) is 2.56. The molecule has 1 unspecified atom stereocenters. The summed E-state index contributed by atoms with van der Waals surface area (Å²) in [6, 6.07) is 8.93. The van der Waals surface area contributed by atoms with Crippen molar-refractivity contribution in [1.29, 1.82) is 0 Å². The van der Waals surface area contributed by atoms with E-state index in [4.69, 9.17) is 12.2 Å². The topological polar surface area (TPSA) is 52.6 Å². The predicted molar refractivity (Wildman–Crippen MR) is 112 cm³/mol. The van der Waals surface area contributed by atoms with Crippen molar-refractivity contribution in [2.24, 2.45) is 0 Å². The van der Waals surface area contributed by atoms with Crippen LogP contribution in [-0.4, -0.2) is 63.9 Å². The van der Waals surface area contributed by atoms with Gasteiger partial charge in [0.2, 0.25) is 5.91 Å². The summed E-state index contributed by atoms with van der Waals surface area (Å²) in [5, 5.41) is 2.86. The average molecular weight is 392 g/mol. The Kier molecular flexibility index (Phi) is 6.97. The van der Waals surface area contributed by atoms with E-state index in [9.17, 15) is 9.59 Å². The summed E-state index contributed by atoms with van der Waals surface area (Å²) >= 11 is 6.86. The van der Waals surface area contributed by atoms with Crippen LogP contribution in [0.4, 0.5) is 0 Å². The molecule has 1 N–H and O–H groups in total. The minimum atomic E-state index is -0.630. The highest BCUT2D eigenvalue weighted by molar-refractivity contribution is 8.24. The summed E-state index contributed by atoms with van der Waals surface area (Å²) in [7, 11) is 3.89. The Bertz CT molecular complexity index is 702. The van der Waals surface area contributed by atoms with Crippen LogP contribution < -0.4 is 5.32 Å². The lowest BCUT2D eigenvalue weighted by molar-refractivity contribution is -0.133. The molecule has 2 rings (SSSR count). The van der Waals surface area contributed by atoms with Crippen molar-refractivity contribution in [1.82, 2.24) is 15.1 Å². The highest BCUT2D eigenvalue weighted by atomic mass is 32.2. The molecular formula is C19H25N3O2S2. The number of rotatable bonds is 6. The Morgan fingerprint density at radius 3 is 2.62 bits per heavy atom. The van der Waals surface area contributed by atoms with E-state index in [0.29, 0.717) is 17.4 Å². The van der Waals surface area contributed by atoms with Crippen LogP contribution in [-0.2, 0) is 9.59 Å². The molecule has 0 radical (unpaired) electrons. The van der Waals surface area contributed by atoms with Crippen molar-refractivity contribution in [3.8, 4) is 0 Å². The number of hydrogen-bond acceptors (Lipinski definition) is 5. The molecule has 0 spiro atoms. The quantitative estimate of drug-likeness (QED) is 0.596. The fraction of sp³-hybridized carbons (Fsp3) is 0.421. The molecule has 26 heavy (non-hydrogen) atoms. The zero-order valence-corrected chi connectivity index (χ0v) is 17.2. The number of nitrogens with zero attached hydrogens (tertiary/aromatic N) is 2. The molecule has 0 aliphatic carbocycles. The van der Waals surface area contributed by atoms with E-state index in [2.05, 4.69) is 5.32 Å². The van der Waals surface area contributed by atoms with E-state index in [1.54, 1.807) is 11.0 Å². The molecule has 1 aliphatic heterocycles. The summed E-state index contributed by atoms with van der Waals surface area (Å²) in [5.41, 5.74) is 0.931. The predicted octanol–water partition coefficient (Wildman–Crippen LogP) is 2.39. The first-order valence-electron chi connectivity index (χ1n) is 8.43. The number of thiocarbonyl (C=S) groups is 1. The van der Waals surface area contributed by atoms with Crippen LogP contribution in [0.3, 0.4) is 0 Å². The number of nitrogens with one attached hydrogen (secondary N) is 1. The van der Waals surface area contributed by atoms with Gasteiger partial charge in [-0.2, -0.15) is 0 Å². The van der Waals surface area contributed by atoms with Gasteiger partial charge in [-0.05, 0) is 39.6 Å². The highest BCUT2D eigenvalue weighted by Crippen LogP contribution is 2.36. The molecule has 5 nitrogen and oxygen atoms in total. The molecule has 1 aliphatic rings. The summed E-state index contributed by atoms with van der Waals surface area (Å²) in [6.07, 6.45) is 3.19. The molecule has 1 fully saturated rings. The van der Waals surface area contributed by atoms with Crippen LogP contribution in [0, 0.1) is 0 Å². The molecular weight excluding hydrogens is 366 g/mol. The minimum Gasteiger partial charge on any atom is -0.339 e. The van der Waals surface area contributed by atoms with Crippen molar-refractivity contribution in [3.05, 3.63) is 42.0 Å². The zero-order valence-electron chi connectivity index (χ0n) is 15.6. The van der Waals surface area contributed by atoms with Gasteiger partial charge in [-0.3, -0.25) is 14.5 Å². The first kappa shape index (κ1) is 20.6. The summed E-state index contributed by atoms with van der Waals surface area (Å²) in [5.74, 6) is -0.441. The number of likely N-dealkylation sites (N-methyl/N-ethyl adjacent to an activating group) is 1. The Balaban J connectivity index is 2.09. The van der Waals surface area contributed by atoms with Gasteiger partial charge in [0.15, 0.2) is 0 Å². The van der Waals surface area contributed by atoms with Crippen molar-refractivity contribution in [3.63, 3.8) is 0 Å². The van der Waals surface area contributed by atoms with Gasteiger partial charge in [0, 0.05) is 23.9 Å². The number of hydrogen-bond donors (Lipinski definition) is 1. The van der Waals surface area contributed by atoms with Crippen LogP contribution in [0.1, 0.15) is 19.4 Å². The molecule has 7 heteroatoms. The molecule has 2 amide bonds. The van der Waals surface area contributed by atoms with E-state index >= 15 is 0 Å². The van der Waals surface area contributed by atoms with E-state index in [0.717, 1.165) is 5.56 Å². The first-order valence-corrected chi connectivity index (χ1v) is 9.66. The Hall–Kier alpha value is -1.70. The van der Waals surface area contributed by atoms with Gasteiger partial charge in [0.1, 0.15) is 10.4 Å². The van der Waals surface area contributed by atoms with Crippen LogP contribution in [0.5, 0.6) is 0 Å². The molecule has 0 aromatic heterocycles. The van der Waals surface area contributed by atoms with Crippen LogP contribution in [0.2, 0.25) is 0 Å². The second-order valence-electron chi connectivity index (χ2n) is 6.95. The number of amides is 2. The van der Waals surface area contributed by atoms with E-state index < -0.39 is 10.8 Å². The molecule has 1 atom stereocenters.